The second-order valence-electron chi connectivity index (χ2n) is 5.83. The van der Waals surface area contributed by atoms with Gasteiger partial charge in [-0.05, 0) is 29.8 Å². The smallest absolute Gasteiger partial charge is 0.232 e. The maximum atomic E-state index is 13.3. The molecule has 2 heterocycles. The van der Waals surface area contributed by atoms with E-state index in [1.54, 1.807) is 18.3 Å². The van der Waals surface area contributed by atoms with Gasteiger partial charge in [-0.3, -0.25) is 9.59 Å². The van der Waals surface area contributed by atoms with Crippen molar-refractivity contribution in [3.05, 3.63) is 47.9 Å². The first kappa shape index (κ1) is 15.9. The van der Waals surface area contributed by atoms with Crippen LogP contribution in [0.25, 0.3) is 0 Å². The summed E-state index contributed by atoms with van der Waals surface area (Å²) in [4.78, 5) is 30.4. The van der Waals surface area contributed by atoms with E-state index in [-0.39, 0.29) is 18.2 Å². The van der Waals surface area contributed by atoms with Gasteiger partial charge in [0.25, 0.3) is 0 Å². The number of carbonyl (C=O) groups excluding carboxylic acids is 2. The third-order valence-corrected chi connectivity index (χ3v) is 3.84. The summed E-state index contributed by atoms with van der Waals surface area (Å²) in [5.74, 6) is -0.987. The number of hydrogen-bond acceptors (Lipinski definition) is 4. The first-order valence-corrected chi connectivity index (χ1v) is 7.47. The summed E-state index contributed by atoms with van der Waals surface area (Å²) in [6.45, 7) is 0. The van der Waals surface area contributed by atoms with Crippen molar-refractivity contribution >= 4 is 29.0 Å². The van der Waals surface area contributed by atoms with Crippen molar-refractivity contribution in [3.8, 4) is 0 Å². The molecule has 2 N–H and O–H groups in total. The van der Waals surface area contributed by atoms with E-state index in [0.717, 1.165) is 5.82 Å². The number of fused-ring (bicyclic) bond motifs is 1. The predicted octanol–water partition coefficient (Wildman–Crippen LogP) is 2.35. The molecular weight excluding hydrogens is 311 g/mol. The molecule has 0 radical (unpaired) electrons. The van der Waals surface area contributed by atoms with Crippen LogP contribution in [0, 0.1) is 5.82 Å². The van der Waals surface area contributed by atoms with Gasteiger partial charge in [-0.25, -0.2) is 9.37 Å². The molecule has 0 aliphatic carbocycles. The first-order valence-electron chi connectivity index (χ1n) is 7.47. The van der Waals surface area contributed by atoms with E-state index in [4.69, 9.17) is 0 Å². The normalized spacial score (nSPS) is 16.1. The summed E-state index contributed by atoms with van der Waals surface area (Å²) >= 11 is 0. The lowest BCUT2D eigenvalue weighted by Gasteiger charge is -2.25. The summed E-state index contributed by atoms with van der Waals surface area (Å²) in [5, 5.41) is 5.35. The second kappa shape index (κ2) is 6.27. The quantitative estimate of drug-likeness (QED) is 0.907. The Morgan fingerprint density at radius 1 is 1.33 bits per heavy atom. The summed E-state index contributed by atoms with van der Waals surface area (Å²) in [7, 11) is 3.74. The SMILES string of the molecule is CN(C)c1ccc(NC(=O)[C@@H]2CC(=O)Nc3cc(F)ccc32)cn1. The van der Waals surface area contributed by atoms with E-state index in [9.17, 15) is 14.0 Å². The zero-order valence-corrected chi connectivity index (χ0v) is 13.3. The maximum absolute atomic E-state index is 13.3. The Morgan fingerprint density at radius 3 is 2.79 bits per heavy atom. The highest BCUT2D eigenvalue weighted by molar-refractivity contribution is 6.05. The van der Waals surface area contributed by atoms with Gasteiger partial charge < -0.3 is 15.5 Å². The van der Waals surface area contributed by atoms with Crippen LogP contribution in [0.15, 0.2) is 36.5 Å². The van der Waals surface area contributed by atoms with Crippen LogP contribution in [0.1, 0.15) is 17.9 Å². The number of halogens is 1. The minimum Gasteiger partial charge on any atom is -0.363 e. The number of nitrogens with one attached hydrogen (secondary N) is 2. The van der Waals surface area contributed by atoms with Crippen molar-refractivity contribution in [3.63, 3.8) is 0 Å². The highest BCUT2D eigenvalue weighted by Gasteiger charge is 2.31. The van der Waals surface area contributed by atoms with Gasteiger partial charge in [0.05, 0.1) is 17.8 Å². The van der Waals surface area contributed by atoms with Gasteiger partial charge in [0, 0.05) is 26.2 Å². The second-order valence-corrected chi connectivity index (χ2v) is 5.83. The summed E-state index contributed by atoms with van der Waals surface area (Å²) in [6, 6.07) is 7.56. The van der Waals surface area contributed by atoms with Crippen molar-refractivity contribution < 1.29 is 14.0 Å². The fourth-order valence-corrected chi connectivity index (χ4v) is 2.63. The number of hydrogen-bond donors (Lipinski definition) is 2. The third kappa shape index (κ3) is 3.19. The van der Waals surface area contributed by atoms with E-state index in [1.165, 1.54) is 18.2 Å². The number of anilines is 3. The third-order valence-electron chi connectivity index (χ3n) is 3.84. The molecule has 7 heteroatoms. The first-order chi connectivity index (χ1) is 11.4. The fraction of sp³-hybridized carbons (Fsp3) is 0.235. The average Bonchev–Trinajstić information content (AvgIpc) is 2.54. The Morgan fingerprint density at radius 2 is 2.12 bits per heavy atom. The van der Waals surface area contributed by atoms with Gasteiger partial charge in [0.15, 0.2) is 0 Å². The Labute approximate surface area is 138 Å². The van der Waals surface area contributed by atoms with Crippen LogP contribution in [0.2, 0.25) is 0 Å². The maximum Gasteiger partial charge on any atom is 0.232 e. The lowest BCUT2D eigenvalue weighted by Crippen LogP contribution is -2.30. The standard InChI is InChI=1S/C17H17FN4O2/c1-22(2)15-6-4-11(9-19-15)20-17(24)13-8-16(23)21-14-7-10(18)3-5-12(13)14/h3-7,9,13H,8H2,1-2H3,(H,20,24)(H,21,23)/t13-/m1/s1. The Balaban J connectivity index is 1.81. The molecule has 0 spiro atoms. The molecule has 2 amide bonds. The fourth-order valence-electron chi connectivity index (χ4n) is 2.63. The van der Waals surface area contributed by atoms with Gasteiger partial charge in [-0.15, -0.1) is 0 Å². The monoisotopic (exact) mass is 328 g/mol. The van der Waals surface area contributed by atoms with E-state index < -0.39 is 11.7 Å². The van der Waals surface area contributed by atoms with Crippen LogP contribution in [0.5, 0.6) is 0 Å². The zero-order chi connectivity index (χ0) is 17.3. The number of aromatic nitrogens is 1. The average molecular weight is 328 g/mol. The van der Waals surface area contributed by atoms with Crippen LogP contribution in [0.3, 0.4) is 0 Å². The molecule has 1 atom stereocenters. The highest BCUT2D eigenvalue weighted by Crippen LogP contribution is 2.33. The molecule has 3 rings (SSSR count). The molecular formula is C17H17FN4O2. The number of nitrogens with zero attached hydrogens (tertiary/aromatic N) is 2. The van der Waals surface area contributed by atoms with Crippen molar-refractivity contribution in [2.75, 3.05) is 29.6 Å². The van der Waals surface area contributed by atoms with E-state index in [2.05, 4.69) is 15.6 Å². The number of amides is 2. The number of carbonyl (C=O) groups is 2. The zero-order valence-electron chi connectivity index (χ0n) is 13.3. The molecule has 1 aromatic heterocycles. The Kier molecular flexibility index (Phi) is 4.16. The number of benzene rings is 1. The van der Waals surface area contributed by atoms with Gasteiger partial charge >= 0.3 is 0 Å². The number of pyridine rings is 1. The minimum absolute atomic E-state index is 0.0215. The van der Waals surface area contributed by atoms with Crippen molar-refractivity contribution in [1.29, 1.82) is 0 Å². The van der Waals surface area contributed by atoms with Crippen LogP contribution in [-0.2, 0) is 9.59 Å². The van der Waals surface area contributed by atoms with Gasteiger partial charge in [0.2, 0.25) is 11.8 Å². The Hall–Kier alpha value is -2.96. The molecule has 2 aromatic rings. The lowest BCUT2D eigenvalue weighted by atomic mass is 9.89. The summed E-state index contributed by atoms with van der Waals surface area (Å²) in [5.41, 5.74) is 1.49. The van der Waals surface area contributed by atoms with Crippen LogP contribution in [0.4, 0.5) is 21.6 Å². The van der Waals surface area contributed by atoms with Gasteiger partial charge in [-0.2, -0.15) is 0 Å². The lowest BCUT2D eigenvalue weighted by molar-refractivity contribution is -0.123. The molecule has 0 saturated heterocycles. The van der Waals surface area contributed by atoms with E-state index in [0.29, 0.717) is 16.9 Å². The summed E-state index contributed by atoms with van der Waals surface area (Å²) in [6.07, 6.45) is 1.58. The molecule has 1 aliphatic rings. The highest BCUT2D eigenvalue weighted by atomic mass is 19.1. The van der Waals surface area contributed by atoms with E-state index in [1.807, 2.05) is 19.0 Å². The van der Waals surface area contributed by atoms with Gasteiger partial charge in [-0.1, -0.05) is 6.07 Å². The molecule has 124 valence electrons. The molecule has 6 nitrogen and oxygen atoms in total. The molecule has 0 saturated carbocycles. The molecule has 1 aliphatic heterocycles. The van der Waals surface area contributed by atoms with Crippen molar-refractivity contribution in [2.45, 2.75) is 12.3 Å². The number of rotatable bonds is 3. The molecule has 0 fully saturated rings. The predicted molar refractivity (Wildman–Crippen MR) is 89.6 cm³/mol. The summed E-state index contributed by atoms with van der Waals surface area (Å²) < 4.78 is 13.3. The molecule has 0 bridgehead atoms. The molecule has 0 unspecified atom stereocenters. The topological polar surface area (TPSA) is 74.3 Å². The van der Waals surface area contributed by atoms with Crippen LogP contribution in [-0.4, -0.2) is 30.9 Å². The van der Waals surface area contributed by atoms with Gasteiger partial charge in [0.1, 0.15) is 11.6 Å². The largest absolute Gasteiger partial charge is 0.363 e. The Bertz CT molecular complexity index is 790. The molecule has 1 aromatic carbocycles. The minimum atomic E-state index is -0.664. The van der Waals surface area contributed by atoms with Crippen molar-refractivity contribution in [2.24, 2.45) is 0 Å². The van der Waals surface area contributed by atoms with Crippen molar-refractivity contribution in [1.82, 2.24) is 4.98 Å². The molecule has 24 heavy (non-hydrogen) atoms. The van der Waals surface area contributed by atoms with Crippen LogP contribution >= 0.6 is 0 Å². The van der Waals surface area contributed by atoms with Crippen LogP contribution < -0.4 is 15.5 Å². The van der Waals surface area contributed by atoms with E-state index >= 15 is 0 Å².